The molecule has 31 heavy (non-hydrogen) atoms. The third-order valence-corrected chi connectivity index (χ3v) is 6.49. The van der Waals surface area contributed by atoms with Crippen molar-refractivity contribution in [2.24, 2.45) is 5.92 Å². The van der Waals surface area contributed by atoms with E-state index in [0.29, 0.717) is 24.2 Å². The Kier molecular flexibility index (Phi) is 5.39. The van der Waals surface area contributed by atoms with Gasteiger partial charge in [-0.1, -0.05) is 0 Å². The summed E-state index contributed by atoms with van der Waals surface area (Å²) in [6, 6.07) is 3.66. The van der Waals surface area contributed by atoms with Crippen LogP contribution in [-0.2, 0) is 4.74 Å². The maximum atomic E-state index is 13.0. The molecule has 3 heterocycles. The molecule has 2 aliphatic rings. The number of ether oxygens (including phenoxy) is 1. The molecule has 7 nitrogen and oxygen atoms in total. The van der Waals surface area contributed by atoms with Crippen LogP contribution >= 0.6 is 0 Å². The van der Waals surface area contributed by atoms with Crippen molar-refractivity contribution in [1.29, 1.82) is 0 Å². The number of amides is 1. The van der Waals surface area contributed by atoms with Gasteiger partial charge in [-0.25, -0.2) is 14.3 Å². The number of halogens is 3. The van der Waals surface area contributed by atoms with Crippen molar-refractivity contribution in [3.8, 4) is 0 Å². The molecule has 1 N–H and O–H groups in total. The zero-order chi connectivity index (χ0) is 22.6. The first-order valence-electron chi connectivity index (χ1n) is 10.5. The number of carbonyl (C=O) groups is 1. The Bertz CT molecular complexity index is 980. The molecule has 2 fully saturated rings. The van der Waals surface area contributed by atoms with E-state index >= 15 is 0 Å². The number of aryl methyl sites for hydroxylation is 1. The molecule has 1 amide bonds. The zero-order valence-corrected chi connectivity index (χ0v) is 17.8. The van der Waals surface area contributed by atoms with Gasteiger partial charge in [0.05, 0.1) is 36.0 Å². The lowest BCUT2D eigenvalue weighted by Crippen LogP contribution is -2.56. The Morgan fingerprint density at radius 3 is 2.52 bits per heavy atom. The summed E-state index contributed by atoms with van der Waals surface area (Å²) in [6.07, 6.45) is -4.58. The van der Waals surface area contributed by atoms with Crippen molar-refractivity contribution in [1.82, 2.24) is 19.5 Å². The summed E-state index contributed by atoms with van der Waals surface area (Å²) < 4.78 is 46.6. The topological polar surface area (TPSA) is 80.0 Å². The molecule has 0 unspecified atom stereocenters. The lowest BCUT2D eigenvalue weighted by Gasteiger charge is -2.43. The van der Waals surface area contributed by atoms with Crippen LogP contribution < -0.4 is 0 Å². The highest BCUT2D eigenvalue weighted by molar-refractivity contribution is 5.66. The Labute approximate surface area is 178 Å². The number of fused-ring (bicyclic) bond motifs is 1. The summed E-state index contributed by atoms with van der Waals surface area (Å²) >= 11 is 0. The SMILES string of the molecule is Cc1cc([C@@H]2CN(C(=O)O)C(C)(C)CO2)n2nc([C@H]3CC[C@H](C(F)(F)F)CC3)cc2n1. The molecule has 0 bridgehead atoms. The first kappa shape index (κ1) is 21.9. The van der Waals surface area contributed by atoms with Crippen LogP contribution in [0.4, 0.5) is 18.0 Å². The minimum atomic E-state index is -4.14. The van der Waals surface area contributed by atoms with Crippen LogP contribution in [0.25, 0.3) is 5.65 Å². The van der Waals surface area contributed by atoms with Crippen LogP contribution in [-0.4, -0.2) is 55.6 Å². The molecular formula is C21H27F3N4O3. The van der Waals surface area contributed by atoms with Gasteiger partial charge >= 0.3 is 12.3 Å². The van der Waals surface area contributed by atoms with E-state index in [9.17, 15) is 23.1 Å². The van der Waals surface area contributed by atoms with E-state index in [0.717, 1.165) is 11.4 Å². The van der Waals surface area contributed by atoms with Gasteiger partial charge in [-0.3, -0.25) is 4.90 Å². The third kappa shape index (κ3) is 4.22. The third-order valence-electron chi connectivity index (χ3n) is 6.49. The number of nitrogens with zero attached hydrogens (tertiary/aromatic N) is 4. The van der Waals surface area contributed by atoms with Crippen LogP contribution in [0.2, 0.25) is 0 Å². The molecule has 0 aromatic carbocycles. The van der Waals surface area contributed by atoms with Crippen LogP contribution in [0.1, 0.15) is 68.6 Å². The predicted molar refractivity (Wildman–Crippen MR) is 106 cm³/mol. The highest BCUT2D eigenvalue weighted by Crippen LogP contribution is 2.43. The summed E-state index contributed by atoms with van der Waals surface area (Å²) in [5.74, 6) is -1.28. The summed E-state index contributed by atoms with van der Waals surface area (Å²) in [7, 11) is 0. The number of rotatable bonds is 2. The van der Waals surface area contributed by atoms with E-state index in [-0.39, 0.29) is 31.9 Å². The standard InChI is InChI=1S/C21H27F3N4O3/c1-12-8-16(17-10-27(19(29)30)20(2,3)11-31-17)28-18(25-12)9-15(26-28)13-4-6-14(7-5-13)21(22,23)24/h8-9,13-14,17H,4-7,10-11H2,1-3H3,(H,29,30)/t13-,14-,17-/m0/s1. The van der Waals surface area contributed by atoms with E-state index in [1.807, 2.05) is 32.9 Å². The van der Waals surface area contributed by atoms with Gasteiger partial charge in [-0.15, -0.1) is 0 Å². The average Bonchev–Trinajstić information content (AvgIpc) is 3.10. The summed E-state index contributed by atoms with van der Waals surface area (Å²) in [5, 5.41) is 14.3. The number of aromatic nitrogens is 3. The number of hydrogen-bond donors (Lipinski definition) is 1. The predicted octanol–water partition coefficient (Wildman–Crippen LogP) is 4.70. The molecular weight excluding hydrogens is 413 g/mol. The van der Waals surface area contributed by atoms with Crippen molar-refractivity contribution in [2.75, 3.05) is 13.2 Å². The second-order valence-electron chi connectivity index (χ2n) is 9.26. The van der Waals surface area contributed by atoms with E-state index in [1.165, 1.54) is 4.90 Å². The first-order chi connectivity index (χ1) is 14.5. The van der Waals surface area contributed by atoms with Crippen LogP contribution in [0.3, 0.4) is 0 Å². The van der Waals surface area contributed by atoms with Crippen LogP contribution in [0, 0.1) is 12.8 Å². The molecule has 0 radical (unpaired) electrons. The normalized spacial score (nSPS) is 26.9. The Hall–Kier alpha value is -2.36. The molecule has 4 rings (SSSR count). The van der Waals surface area contributed by atoms with Gasteiger partial charge in [-0.2, -0.15) is 18.3 Å². The molecule has 10 heteroatoms. The summed E-state index contributed by atoms with van der Waals surface area (Å²) in [5.41, 5.74) is 2.12. The van der Waals surface area contributed by atoms with Gasteiger partial charge in [-0.05, 0) is 52.5 Å². The summed E-state index contributed by atoms with van der Waals surface area (Å²) in [4.78, 5) is 17.6. The highest BCUT2D eigenvalue weighted by Gasteiger charge is 2.42. The van der Waals surface area contributed by atoms with Crippen molar-refractivity contribution >= 4 is 11.7 Å². The highest BCUT2D eigenvalue weighted by atomic mass is 19.4. The molecule has 2 aromatic rings. The van der Waals surface area contributed by atoms with Gasteiger partial charge in [0, 0.05) is 17.7 Å². The Morgan fingerprint density at radius 1 is 1.23 bits per heavy atom. The van der Waals surface area contributed by atoms with Crippen molar-refractivity contribution < 1.29 is 27.8 Å². The van der Waals surface area contributed by atoms with Crippen LogP contribution in [0.15, 0.2) is 12.1 Å². The lowest BCUT2D eigenvalue weighted by atomic mass is 9.80. The minimum Gasteiger partial charge on any atom is -0.465 e. The van der Waals surface area contributed by atoms with E-state index in [4.69, 9.17) is 4.74 Å². The van der Waals surface area contributed by atoms with Crippen molar-refractivity contribution in [3.05, 3.63) is 29.2 Å². The van der Waals surface area contributed by atoms with Gasteiger partial charge < -0.3 is 9.84 Å². The quantitative estimate of drug-likeness (QED) is 0.732. The maximum absolute atomic E-state index is 13.0. The van der Waals surface area contributed by atoms with Gasteiger partial charge in [0.1, 0.15) is 6.10 Å². The minimum absolute atomic E-state index is 0.0461. The molecule has 0 spiro atoms. The Morgan fingerprint density at radius 2 is 1.90 bits per heavy atom. The fraction of sp³-hybridized carbons (Fsp3) is 0.667. The molecule has 1 saturated heterocycles. The number of hydrogen-bond acceptors (Lipinski definition) is 4. The van der Waals surface area contributed by atoms with Gasteiger partial charge in [0.2, 0.25) is 0 Å². The number of carboxylic acid groups (broad SMARTS) is 1. The maximum Gasteiger partial charge on any atom is 0.407 e. The van der Waals surface area contributed by atoms with E-state index in [2.05, 4.69) is 10.1 Å². The van der Waals surface area contributed by atoms with Crippen molar-refractivity contribution in [2.45, 2.75) is 70.2 Å². The fourth-order valence-electron chi connectivity index (χ4n) is 4.66. The fourth-order valence-corrected chi connectivity index (χ4v) is 4.66. The van der Waals surface area contributed by atoms with Gasteiger partial charge in [0.15, 0.2) is 5.65 Å². The average molecular weight is 440 g/mol. The summed E-state index contributed by atoms with van der Waals surface area (Å²) in [6.45, 7) is 5.86. The van der Waals surface area contributed by atoms with E-state index < -0.39 is 29.8 Å². The first-order valence-corrected chi connectivity index (χ1v) is 10.5. The second kappa shape index (κ2) is 7.65. The lowest BCUT2D eigenvalue weighted by molar-refractivity contribution is -0.182. The largest absolute Gasteiger partial charge is 0.465 e. The molecule has 2 aromatic heterocycles. The number of alkyl halides is 3. The zero-order valence-electron chi connectivity index (χ0n) is 17.8. The Balaban J connectivity index is 1.61. The number of morpholine rings is 1. The monoisotopic (exact) mass is 440 g/mol. The van der Waals surface area contributed by atoms with Crippen molar-refractivity contribution in [3.63, 3.8) is 0 Å². The molecule has 1 saturated carbocycles. The molecule has 170 valence electrons. The molecule has 1 aliphatic heterocycles. The molecule has 1 atom stereocenters. The second-order valence-corrected chi connectivity index (χ2v) is 9.26. The van der Waals surface area contributed by atoms with E-state index in [1.54, 1.807) is 4.52 Å². The van der Waals surface area contributed by atoms with Crippen LogP contribution in [0.5, 0.6) is 0 Å². The van der Waals surface area contributed by atoms with Gasteiger partial charge in [0.25, 0.3) is 0 Å². The molecule has 1 aliphatic carbocycles. The smallest absolute Gasteiger partial charge is 0.407 e.